The molecule has 26 heavy (non-hydrogen) atoms. The highest BCUT2D eigenvalue weighted by atomic mass is 16.6. The van der Waals surface area contributed by atoms with Crippen LogP contribution in [0.25, 0.3) is 0 Å². The van der Waals surface area contributed by atoms with Gasteiger partial charge in [-0.25, -0.2) is 0 Å². The van der Waals surface area contributed by atoms with Crippen molar-refractivity contribution in [3.63, 3.8) is 0 Å². The molecule has 0 N–H and O–H groups in total. The van der Waals surface area contributed by atoms with Gasteiger partial charge in [0.05, 0.1) is 25.9 Å². The van der Waals surface area contributed by atoms with Gasteiger partial charge < -0.3 is 14.4 Å². The third-order valence-electron chi connectivity index (χ3n) is 5.62. The summed E-state index contributed by atoms with van der Waals surface area (Å²) in [7, 11) is 4.39. The minimum Gasteiger partial charge on any atom is -0.376 e. The number of likely N-dealkylation sites (N-methyl/N-ethyl adjacent to an activating group) is 2. The Balaban J connectivity index is 1.61. The van der Waals surface area contributed by atoms with Gasteiger partial charge in [-0.2, -0.15) is 0 Å². The van der Waals surface area contributed by atoms with Gasteiger partial charge >= 0.3 is 0 Å². The van der Waals surface area contributed by atoms with Gasteiger partial charge in [-0.3, -0.25) is 9.80 Å². The summed E-state index contributed by atoms with van der Waals surface area (Å²) in [4.78, 5) is 7.35. The van der Waals surface area contributed by atoms with Crippen molar-refractivity contribution in [3.8, 4) is 0 Å². The lowest BCUT2D eigenvalue weighted by molar-refractivity contribution is -0.0963. The summed E-state index contributed by atoms with van der Waals surface area (Å²) in [6.45, 7) is 14.3. The van der Waals surface area contributed by atoms with Crippen LogP contribution in [-0.2, 0) is 22.6 Å². The summed E-state index contributed by atoms with van der Waals surface area (Å²) in [5.41, 5.74) is 5.70. The Hall–Kier alpha value is -0.980. The van der Waals surface area contributed by atoms with Gasteiger partial charge in [0, 0.05) is 45.8 Å². The molecule has 5 heteroatoms. The van der Waals surface area contributed by atoms with E-state index in [1.54, 1.807) is 0 Å². The van der Waals surface area contributed by atoms with E-state index in [4.69, 9.17) is 9.47 Å². The lowest BCUT2D eigenvalue weighted by Crippen LogP contribution is -2.44. The normalized spacial score (nSPS) is 22.9. The van der Waals surface area contributed by atoms with Crippen molar-refractivity contribution < 1.29 is 9.47 Å². The Bertz CT molecular complexity index is 579. The summed E-state index contributed by atoms with van der Waals surface area (Å²) < 4.78 is 11.3. The molecular weight excluding hydrogens is 326 g/mol. The second kappa shape index (κ2) is 9.29. The second-order valence-corrected chi connectivity index (χ2v) is 8.05. The predicted molar refractivity (Wildman–Crippen MR) is 106 cm³/mol. The molecule has 1 atom stereocenters. The van der Waals surface area contributed by atoms with Crippen LogP contribution >= 0.6 is 0 Å². The van der Waals surface area contributed by atoms with Gasteiger partial charge in [0.15, 0.2) is 0 Å². The molecule has 0 radical (unpaired) electrons. The van der Waals surface area contributed by atoms with Gasteiger partial charge in [0.2, 0.25) is 0 Å². The van der Waals surface area contributed by atoms with E-state index in [2.05, 4.69) is 54.8 Å². The lowest BCUT2D eigenvalue weighted by Gasteiger charge is -2.33. The van der Waals surface area contributed by atoms with Crippen LogP contribution in [-0.4, -0.2) is 87.4 Å². The molecule has 0 amide bonds. The molecule has 5 nitrogen and oxygen atoms in total. The molecule has 2 aliphatic rings. The Morgan fingerprint density at radius 2 is 1.77 bits per heavy atom. The third-order valence-corrected chi connectivity index (χ3v) is 5.62. The van der Waals surface area contributed by atoms with E-state index in [-0.39, 0.29) is 6.10 Å². The average Bonchev–Trinajstić information content (AvgIpc) is 2.62. The first-order chi connectivity index (χ1) is 12.5. The van der Waals surface area contributed by atoms with Gasteiger partial charge in [0.1, 0.15) is 0 Å². The maximum Gasteiger partial charge on any atom is 0.0936 e. The summed E-state index contributed by atoms with van der Waals surface area (Å²) in [5, 5.41) is 0. The quantitative estimate of drug-likeness (QED) is 0.772. The number of rotatable bonds is 6. The molecule has 0 unspecified atom stereocenters. The minimum absolute atomic E-state index is 0.198. The molecule has 0 saturated carbocycles. The van der Waals surface area contributed by atoms with Gasteiger partial charge in [-0.15, -0.1) is 0 Å². The van der Waals surface area contributed by atoms with Crippen LogP contribution in [0.15, 0.2) is 12.1 Å². The number of aryl methyl sites for hydroxylation is 2. The van der Waals surface area contributed by atoms with Crippen molar-refractivity contribution in [2.24, 2.45) is 0 Å². The summed E-state index contributed by atoms with van der Waals surface area (Å²) in [6, 6.07) is 4.78. The van der Waals surface area contributed by atoms with Crippen LogP contribution < -0.4 is 0 Å². The molecule has 3 rings (SSSR count). The van der Waals surface area contributed by atoms with Gasteiger partial charge in [0.25, 0.3) is 0 Å². The molecule has 0 bridgehead atoms. The molecule has 0 aliphatic carbocycles. The van der Waals surface area contributed by atoms with Crippen molar-refractivity contribution in [1.29, 1.82) is 0 Å². The highest BCUT2D eigenvalue weighted by Gasteiger charge is 2.18. The van der Waals surface area contributed by atoms with Gasteiger partial charge in [-0.1, -0.05) is 12.1 Å². The van der Waals surface area contributed by atoms with Crippen LogP contribution in [0.3, 0.4) is 0 Å². The highest BCUT2D eigenvalue weighted by molar-refractivity contribution is 5.37. The number of hydrogen-bond donors (Lipinski definition) is 0. The summed E-state index contributed by atoms with van der Waals surface area (Å²) in [5.74, 6) is 0. The zero-order chi connectivity index (χ0) is 18.5. The van der Waals surface area contributed by atoms with E-state index in [1.165, 1.54) is 35.3 Å². The molecule has 1 aromatic carbocycles. The van der Waals surface area contributed by atoms with Crippen LogP contribution in [0, 0.1) is 13.8 Å². The van der Waals surface area contributed by atoms with E-state index in [0.717, 1.165) is 45.9 Å². The summed E-state index contributed by atoms with van der Waals surface area (Å²) >= 11 is 0. The molecule has 0 aromatic heterocycles. The fourth-order valence-corrected chi connectivity index (χ4v) is 3.88. The third kappa shape index (κ3) is 5.51. The zero-order valence-corrected chi connectivity index (χ0v) is 17.0. The molecule has 146 valence electrons. The fourth-order valence-electron chi connectivity index (χ4n) is 3.88. The van der Waals surface area contributed by atoms with Crippen LogP contribution in [0.4, 0.5) is 0 Å². The van der Waals surface area contributed by atoms with Crippen molar-refractivity contribution in [1.82, 2.24) is 14.7 Å². The number of benzene rings is 1. The maximum atomic E-state index is 5.79. The Kier molecular flexibility index (Phi) is 7.06. The van der Waals surface area contributed by atoms with Gasteiger partial charge in [-0.05, 0) is 50.2 Å². The van der Waals surface area contributed by atoms with E-state index in [0.29, 0.717) is 6.61 Å². The number of hydrogen-bond acceptors (Lipinski definition) is 5. The lowest BCUT2D eigenvalue weighted by atomic mass is 9.99. The average molecular weight is 362 g/mol. The Morgan fingerprint density at radius 1 is 1.04 bits per heavy atom. The molecular formula is C21H35N3O2. The van der Waals surface area contributed by atoms with E-state index >= 15 is 0 Å². The van der Waals surface area contributed by atoms with E-state index < -0.39 is 0 Å². The SMILES string of the molecule is Cc1cc(C)c(CN2CCN(C)CC2)cc1CN(C)C[C@H]1COCCO1. The highest BCUT2D eigenvalue weighted by Crippen LogP contribution is 2.20. The number of ether oxygens (including phenoxy) is 2. The smallest absolute Gasteiger partial charge is 0.0936 e. The number of piperazine rings is 1. The topological polar surface area (TPSA) is 28.2 Å². The van der Waals surface area contributed by atoms with Crippen molar-refractivity contribution in [2.45, 2.75) is 33.0 Å². The van der Waals surface area contributed by atoms with Crippen molar-refractivity contribution in [2.75, 3.05) is 66.6 Å². The zero-order valence-electron chi connectivity index (χ0n) is 17.0. The molecule has 2 aliphatic heterocycles. The Morgan fingerprint density at radius 3 is 2.46 bits per heavy atom. The van der Waals surface area contributed by atoms with Crippen LogP contribution in [0.5, 0.6) is 0 Å². The molecule has 2 saturated heterocycles. The predicted octanol–water partition coefficient (Wildman–Crippen LogP) is 1.90. The standard InChI is InChI=1S/C21H35N3O2/c1-17-11-18(2)20(14-24-7-5-22(3)6-8-24)12-19(17)13-23(4)15-21-16-25-9-10-26-21/h11-12,21H,5-10,13-16H2,1-4H3/t21-/m0/s1. The molecule has 0 spiro atoms. The monoisotopic (exact) mass is 361 g/mol. The second-order valence-electron chi connectivity index (χ2n) is 8.05. The minimum atomic E-state index is 0.198. The van der Waals surface area contributed by atoms with Crippen molar-refractivity contribution in [3.05, 3.63) is 34.4 Å². The largest absolute Gasteiger partial charge is 0.376 e. The Labute approximate surface area is 158 Å². The van der Waals surface area contributed by atoms with Crippen molar-refractivity contribution >= 4 is 0 Å². The molecule has 1 aromatic rings. The number of nitrogens with zero attached hydrogens (tertiary/aromatic N) is 3. The molecule has 2 heterocycles. The van der Waals surface area contributed by atoms with Crippen LogP contribution in [0.1, 0.15) is 22.3 Å². The first kappa shape index (κ1) is 19.8. The first-order valence-corrected chi connectivity index (χ1v) is 9.89. The molecule has 2 fully saturated rings. The van der Waals surface area contributed by atoms with E-state index in [1.807, 2.05) is 0 Å². The fraction of sp³-hybridized carbons (Fsp3) is 0.714. The maximum absolute atomic E-state index is 5.79. The van der Waals surface area contributed by atoms with Crippen LogP contribution in [0.2, 0.25) is 0 Å². The van der Waals surface area contributed by atoms with E-state index in [9.17, 15) is 0 Å². The summed E-state index contributed by atoms with van der Waals surface area (Å²) in [6.07, 6.45) is 0.198. The first-order valence-electron chi connectivity index (χ1n) is 9.89.